The molecule has 3 aromatic heterocycles. The Kier molecular flexibility index (Phi) is 4.50. The zero-order chi connectivity index (χ0) is 20.7. The number of aromatic nitrogens is 4. The van der Waals surface area contributed by atoms with Crippen molar-refractivity contribution in [3.63, 3.8) is 0 Å². The number of rotatable bonds is 3. The maximum Gasteiger partial charge on any atom is 0.282 e. The number of piperidine rings is 1. The standard InChI is InChI=1S/C23H23N5O2/c1-15-19(17-10-11-18(29)24-14-17)23(30)28-22(25-15)21(27-12-6-3-7-13-27)20(26-28)16-8-4-2-5-9-16/h2,4-5,8-11,14,25H,3,6-7,12-13H2,1H3,(H,24,29). The molecule has 1 aliphatic heterocycles. The highest BCUT2D eigenvalue weighted by atomic mass is 16.3. The molecule has 0 unspecified atom stereocenters. The van der Waals surface area contributed by atoms with Crippen molar-refractivity contribution in [3.05, 3.63) is 64.7 Å². The number of aryl methyl sites for hydroxylation is 1. The van der Waals surface area contributed by atoms with Gasteiger partial charge in [0, 0.05) is 42.2 Å². The van der Waals surface area contributed by atoms with Gasteiger partial charge < -0.3 is 15.0 Å². The number of anilines is 1. The second-order valence-electron chi connectivity index (χ2n) is 7.71. The fourth-order valence-electron chi connectivity index (χ4n) is 4.26. The highest BCUT2D eigenvalue weighted by Crippen LogP contribution is 2.35. The summed E-state index contributed by atoms with van der Waals surface area (Å²) in [6, 6.07) is 13.2. The fraction of sp³-hybridized carbons (Fsp3) is 0.261. The highest BCUT2D eigenvalue weighted by molar-refractivity contribution is 5.86. The number of aromatic hydroxyl groups is 1. The van der Waals surface area contributed by atoms with Crippen molar-refractivity contribution in [2.45, 2.75) is 26.2 Å². The normalized spacial score (nSPS) is 14.4. The van der Waals surface area contributed by atoms with E-state index in [9.17, 15) is 9.90 Å². The van der Waals surface area contributed by atoms with Crippen LogP contribution in [0, 0.1) is 6.92 Å². The molecule has 0 atom stereocenters. The minimum Gasteiger partial charge on any atom is -0.493 e. The highest BCUT2D eigenvalue weighted by Gasteiger charge is 2.25. The van der Waals surface area contributed by atoms with E-state index in [1.165, 1.54) is 23.2 Å². The van der Waals surface area contributed by atoms with Gasteiger partial charge in [0.2, 0.25) is 5.88 Å². The average molecular weight is 401 g/mol. The van der Waals surface area contributed by atoms with E-state index in [0.717, 1.165) is 48.6 Å². The maximum atomic E-state index is 13.5. The third kappa shape index (κ3) is 3.03. The first-order valence-electron chi connectivity index (χ1n) is 10.2. The van der Waals surface area contributed by atoms with E-state index in [1.807, 2.05) is 37.3 Å². The van der Waals surface area contributed by atoms with Crippen LogP contribution in [0.1, 0.15) is 25.0 Å². The van der Waals surface area contributed by atoms with Crippen LogP contribution < -0.4 is 10.5 Å². The number of hydrogen-bond acceptors (Lipinski definition) is 5. The number of benzene rings is 1. The first-order chi connectivity index (χ1) is 14.6. The molecular formula is C23H23N5O2. The molecular weight excluding hydrogens is 378 g/mol. The van der Waals surface area contributed by atoms with E-state index in [1.54, 1.807) is 6.07 Å². The molecule has 5 rings (SSSR count). The van der Waals surface area contributed by atoms with E-state index >= 15 is 0 Å². The van der Waals surface area contributed by atoms with Gasteiger partial charge in [0.15, 0.2) is 5.65 Å². The summed E-state index contributed by atoms with van der Waals surface area (Å²) in [5.41, 5.74) is 5.19. The first-order valence-corrected chi connectivity index (χ1v) is 10.2. The van der Waals surface area contributed by atoms with Crippen molar-refractivity contribution in [2.24, 2.45) is 0 Å². The predicted molar refractivity (Wildman–Crippen MR) is 117 cm³/mol. The Morgan fingerprint density at radius 2 is 1.77 bits per heavy atom. The van der Waals surface area contributed by atoms with Crippen molar-refractivity contribution in [2.75, 3.05) is 18.0 Å². The van der Waals surface area contributed by atoms with Crippen LogP contribution in [-0.2, 0) is 0 Å². The van der Waals surface area contributed by atoms with Gasteiger partial charge in [0.1, 0.15) is 11.4 Å². The number of aromatic amines is 1. The summed E-state index contributed by atoms with van der Waals surface area (Å²) in [4.78, 5) is 23.2. The molecule has 152 valence electrons. The van der Waals surface area contributed by atoms with Crippen LogP contribution >= 0.6 is 0 Å². The molecule has 30 heavy (non-hydrogen) atoms. The second kappa shape index (κ2) is 7.33. The summed E-state index contributed by atoms with van der Waals surface area (Å²) in [7, 11) is 0. The first kappa shape index (κ1) is 18.4. The molecule has 0 aliphatic carbocycles. The number of pyridine rings is 1. The molecule has 7 nitrogen and oxygen atoms in total. The molecule has 0 spiro atoms. The monoisotopic (exact) mass is 401 g/mol. The molecule has 2 N–H and O–H groups in total. The molecule has 1 saturated heterocycles. The number of fused-ring (bicyclic) bond motifs is 1. The molecule has 1 fully saturated rings. The van der Waals surface area contributed by atoms with Gasteiger partial charge in [0.05, 0.1) is 5.56 Å². The fourth-order valence-corrected chi connectivity index (χ4v) is 4.26. The Morgan fingerprint density at radius 3 is 2.47 bits per heavy atom. The van der Waals surface area contributed by atoms with E-state index in [0.29, 0.717) is 16.8 Å². The Bertz CT molecular complexity index is 1250. The average Bonchev–Trinajstić information content (AvgIpc) is 3.16. The number of nitrogens with zero attached hydrogens (tertiary/aromatic N) is 4. The minimum absolute atomic E-state index is 0.0771. The molecule has 0 amide bonds. The minimum atomic E-state index is -0.200. The van der Waals surface area contributed by atoms with Crippen LogP contribution in [0.15, 0.2) is 53.5 Å². The molecule has 4 heterocycles. The van der Waals surface area contributed by atoms with Gasteiger partial charge in [-0.1, -0.05) is 30.3 Å². The van der Waals surface area contributed by atoms with E-state index in [2.05, 4.69) is 14.9 Å². The van der Waals surface area contributed by atoms with Crippen LogP contribution in [-0.4, -0.2) is 37.8 Å². The van der Waals surface area contributed by atoms with Gasteiger partial charge in [-0.25, -0.2) is 4.98 Å². The van der Waals surface area contributed by atoms with E-state index < -0.39 is 0 Å². The summed E-state index contributed by atoms with van der Waals surface area (Å²) >= 11 is 0. The SMILES string of the molecule is Cc1[nH]c2c(N3CCCCC3)c(-c3ccccc3)nn2c(=O)c1-c1ccc(O)nc1. The number of nitrogens with one attached hydrogen (secondary N) is 1. The lowest BCUT2D eigenvalue weighted by molar-refractivity contribution is 0.453. The van der Waals surface area contributed by atoms with Gasteiger partial charge in [-0.3, -0.25) is 4.79 Å². The van der Waals surface area contributed by atoms with Crippen molar-refractivity contribution in [3.8, 4) is 28.3 Å². The Hall–Kier alpha value is -3.61. The van der Waals surface area contributed by atoms with E-state index in [4.69, 9.17) is 5.10 Å². The van der Waals surface area contributed by atoms with Crippen LogP contribution in [0.5, 0.6) is 5.88 Å². The summed E-state index contributed by atoms with van der Waals surface area (Å²) in [5, 5.41) is 14.3. The van der Waals surface area contributed by atoms with Crippen LogP contribution in [0.4, 0.5) is 5.69 Å². The van der Waals surface area contributed by atoms with Gasteiger partial charge in [-0.05, 0) is 32.3 Å². The van der Waals surface area contributed by atoms with Gasteiger partial charge >= 0.3 is 0 Å². The summed E-state index contributed by atoms with van der Waals surface area (Å²) in [6.07, 6.45) is 4.99. The molecule has 4 aromatic rings. The quantitative estimate of drug-likeness (QED) is 0.546. The third-order valence-electron chi connectivity index (χ3n) is 5.70. The topological polar surface area (TPSA) is 86.5 Å². The largest absolute Gasteiger partial charge is 0.493 e. The predicted octanol–water partition coefficient (Wildman–Crippen LogP) is 3.76. The molecule has 0 saturated carbocycles. The maximum absolute atomic E-state index is 13.5. The smallest absolute Gasteiger partial charge is 0.282 e. The third-order valence-corrected chi connectivity index (χ3v) is 5.70. The molecule has 1 aromatic carbocycles. The van der Waals surface area contributed by atoms with Crippen molar-refractivity contribution >= 4 is 11.3 Å². The summed E-state index contributed by atoms with van der Waals surface area (Å²) < 4.78 is 1.47. The van der Waals surface area contributed by atoms with Crippen LogP contribution in [0.2, 0.25) is 0 Å². The zero-order valence-electron chi connectivity index (χ0n) is 16.8. The number of H-pyrrole nitrogens is 1. The van der Waals surface area contributed by atoms with Crippen molar-refractivity contribution in [1.82, 2.24) is 19.6 Å². The van der Waals surface area contributed by atoms with Crippen LogP contribution in [0.3, 0.4) is 0 Å². The zero-order valence-corrected chi connectivity index (χ0v) is 16.8. The molecule has 1 aliphatic rings. The lowest BCUT2D eigenvalue weighted by Gasteiger charge is -2.28. The Morgan fingerprint density at radius 1 is 1.00 bits per heavy atom. The van der Waals surface area contributed by atoms with Crippen molar-refractivity contribution < 1.29 is 5.11 Å². The second-order valence-corrected chi connectivity index (χ2v) is 7.71. The van der Waals surface area contributed by atoms with E-state index in [-0.39, 0.29) is 11.4 Å². The number of hydrogen-bond donors (Lipinski definition) is 2. The summed E-state index contributed by atoms with van der Waals surface area (Å²) in [5.74, 6) is -0.0771. The summed E-state index contributed by atoms with van der Waals surface area (Å²) in [6.45, 7) is 3.79. The Balaban J connectivity index is 1.78. The molecule has 0 bridgehead atoms. The lowest BCUT2D eigenvalue weighted by atomic mass is 10.1. The van der Waals surface area contributed by atoms with Crippen LogP contribution in [0.25, 0.3) is 28.0 Å². The van der Waals surface area contributed by atoms with Gasteiger partial charge in [-0.15, -0.1) is 0 Å². The Labute approximate surface area is 173 Å². The van der Waals surface area contributed by atoms with Crippen molar-refractivity contribution in [1.29, 1.82) is 0 Å². The molecule has 0 radical (unpaired) electrons. The molecule has 7 heteroatoms. The van der Waals surface area contributed by atoms with Gasteiger partial charge in [0.25, 0.3) is 5.56 Å². The van der Waals surface area contributed by atoms with Gasteiger partial charge in [-0.2, -0.15) is 9.61 Å². The lowest BCUT2D eigenvalue weighted by Crippen LogP contribution is -2.30.